The fraction of sp³-hybridized carbons (Fsp3) is 0.222. The van der Waals surface area contributed by atoms with Crippen LogP contribution in [-0.2, 0) is 6.54 Å². The molecule has 2 aromatic carbocycles. The molecule has 0 unspecified atom stereocenters. The largest absolute Gasteiger partial charge is 0.435 e. The van der Waals surface area contributed by atoms with Gasteiger partial charge in [0, 0.05) is 30.2 Å². The maximum atomic E-state index is 12.3. The summed E-state index contributed by atoms with van der Waals surface area (Å²) in [5, 5.41) is 0. The number of rotatable bonds is 10. The first-order valence-electron chi connectivity index (χ1n) is 10.8. The molecule has 0 amide bonds. The summed E-state index contributed by atoms with van der Waals surface area (Å²) in [6.45, 7) is -0.663. The van der Waals surface area contributed by atoms with Crippen molar-refractivity contribution in [3.05, 3.63) is 89.2 Å². The molecule has 178 valence electrons. The Kier molecular flexibility index (Phi) is 8.85. The van der Waals surface area contributed by atoms with Crippen molar-refractivity contribution >= 4 is 24.3 Å². The van der Waals surface area contributed by atoms with Gasteiger partial charge >= 0.3 is 13.2 Å². The monoisotopic (exact) mass is 472 g/mol. The van der Waals surface area contributed by atoms with Crippen LogP contribution in [0.2, 0.25) is 0 Å². The van der Waals surface area contributed by atoms with Gasteiger partial charge in [0.2, 0.25) is 11.4 Å². The third-order valence-electron chi connectivity index (χ3n) is 4.81. The van der Waals surface area contributed by atoms with Crippen molar-refractivity contribution in [1.29, 1.82) is 0 Å². The lowest BCUT2D eigenvalue weighted by atomic mass is 10.1. The summed E-state index contributed by atoms with van der Waals surface area (Å²) in [5.41, 5.74) is 3.66. The van der Waals surface area contributed by atoms with Crippen molar-refractivity contribution in [3.8, 4) is 11.5 Å². The predicted octanol–water partition coefficient (Wildman–Crippen LogP) is 7.17. The summed E-state index contributed by atoms with van der Waals surface area (Å²) in [5.74, 6) is 0.620. The highest BCUT2D eigenvalue weighted by Gasteiger charge is 2.15. The third kappa shape index (κ3) is 7.76. The van der Waals surface area contributed by atoms with E-state index in [4.69, 9.17) is 0 Å². The highest BCUT2D eigenvalue weighted by Crippen LogP contribution is 2.18. The zero-order valence-corrected chi connectivity index (χ0v) is 18.9. The summed E-state index contributed by atoms with van der Waals surface area (Å²) in [7, 11) is 0. The van der Waals surface area contributed by atoms with Crippen LogP contribution in [0, 0.1) is 5.92 Å². The van der Waals surface area contributed by atoms with Crippen molar-refractivity contribution in [2.24, 2.45) is 5.92 Å². The van der Waals surface area contributed by atoms with Gasteiger partial charge in [0.15, 0.2) is 6.54 Å². The molecule has 3 rings (SSSR count). The molecule has 1 heterocycles. The molecule has 3 aromatic rings. The Morgan fingerprint density at radius 3 is 1.41 bits per heavy atom. The molecule has 0 N–H and O–H groups in total. The summed E-state index contributed by atoms with van der Waals surface area (Å²) >= 11 is 0. The smallest absolute Gasteiger partial charge is 0.387 e. The molecule has 0 radical (unpaired) electrons. The van der Waals surface area contributed by atoms with Gasteiger partial charge in [-0.25, -0.2) is 0 Å². The first kappa shape index (κ1) is 25.0. The Balaban J connectivity index is 1.82. The second-order valence-electron chi connectivity index (χ2n) is 7.94. The number of halogens is 4. The average molecular weight is 473 g/mol. The van der Waals surface area contributed by atoms with Crippen molar-refractivity contribution < 1.29 is 31.6 Å². The number of hydrogen-bond acceptors (Lipinski definition) is 2. The van der Waals surface area contributed by atoms with Gasteiger partial charge in [-0.3, -0.25) is 0 Å². The van der Waals surface area contributed by atoms with Gasteiger partial charge in [-0.05, 0) is 53.6 Å². The van der Waals surface area contributed by atoms with Crippen LogP contribution in [-0.4, -0.2) is 13.2 Å². The van der Waals surface area contributed by atoms with Crippen molar-refractivity contribution in [2.75, 3.05) is 0 Å². The lowest BCUT2D eigenvalue weighted by Gasteiger charge is -2.07. The standard InChI is InChI=1S/C27H26F4NO2/c1-19(2)18-32-22(12-6-20-8-14-24(15-9-20)33-26(28)29)4-3-5-23(32)13-7-21-10-16-25(17-11-21)34-27(30)31/h3-17,19,26-27H,18H2,1-2H3/q+1/b12-6+,13-7+. The highest BCUT2D eigenvalue weighted by molar-refractivity contribution is 5.69. The number of nitrogens with zero attached hydrogens (tertiary/aromatic N) is 1. The van der Waals surface area contributed by atoms with E-state index in [1.807, 2.05) is 42.5 Å². The Morgan fingerprint density at radius 1 is 0.647 bits per heavy atom. The summed E-state index contributed by atoms with van der Waals surface area (Å²) < 4.78 is 60.3. The normalized spacial score (nSPS) is 11.9. The topological polar surface area (TPSA) is 22.3 Å². The molecule has 0 bridgehead atoms. The van der Waals surface area contributed by atoms with Gasteiger partial charge in [-0.2, -0.15) is 22.1 Å². The fourth-order valence-corrected chi connectivity index (χ4v) is 3.33. The van der Waals surface area contributed by atoms with E-state index >= 15 is 0 Å². The maximum Gasteiger partial charge on any atom is 0.387 e. The van der Waals surface area contributed by atoms with Crippen LogP contribution in [0.4, 0.5) is 17.6 Å². The van der Waals surface area contributed by atoms with Crippen LogP contribution in [0.5, 0.6) is 11.5 Å². The second-order valence-corrected chi connectivity index (χ2v) is 7.94. The first-order chi connectivity index (χ1) is 16.3. The van der Waals surface area contributed by atoms with E-state index in [1.54, 1.807) is 24.3 Å². The Morgan fingerprint density at radius 2 is 1.06 bits per heavy atom. The molecule has 0 saturated heterocycles. The van der Waals surface area contributed by atoms with Crippen LogP contribution >= 0.6 is 0 Å². The molecular formula is C27H26F4NO2+. The molecular weight excluding hydrogens is 446 g/mol. The van der Waals surface area contributed by atoms with E-state index < -0.39 is 13.2 Å². The molecule has 0 aliphatic carbocycles. The van der Waals surface area contributed by atoms with E-state index in [0.717, 1.165) is 29.1 Å². The summed E-state index contributed by atoms with van der Waals surface area (Å²) in [4.78, 5) is 0. The van der Waals surface area contributed by atoms with Crippen LogP contribution < -0.4 is 14.0 Å². The lowest BCUT2D eigenvalue weighted by molar-refractivity contribution is -0.705. The number of alkyl halides is 4. The van der Waals surface area contributed by atoms with Gasteiger partial charge in [-0.15, -0.1) is 0 Å². The minimum atomic E-state index is -2.85. The quantitative estimate of drug-likeness (QED) is 0.230. The number of aromatic nitrogens is 1. The van der Waals surface area contributed by atoms with Crippen LogP contribution in [0.25, 0.3) is 24.3 Å². The van der Waals surface area contributed by atoms with Crippen LogP contribution in [0.3, 0.4) is 0 Å². The zero-order valence-electron chi connectivity index (χ0n) is 18.9. The first-order valence-corrected chi connectivity index (χ1v) is 10.8. The predicted molar refractivity (Wildman–Crippen MR) is 125 cm³/mol. The maximum absolute atomic E-state index is 12.3. The lowest BCUT2D eigenvalue weighted by Crippen LogP contribution is -2.42. The van der Waals surface area contributed by atoms with Crippen molar-refractivity contribution in [3.63, 3.8) is 0 Å². The Labute approximate surface area is 196 Å². The van der Waals surface area contributed by atoms with Gasteiger partial charge in [-0.1, -0.05) is 38.1 Å². The molecule has 1 aromatic heterocycles. The molecule has 0 spiro atoms. The fourth-order valence-electron chi connectivity index (χ4n) is 3.33. The minimum Gasteiger partial charge on any atom is -0.435 e. The number of pyridine rings is 1. The van der Waals surface area contributed by atoms with E-state index in [0.29, 0.717) is 5.92 Å². The van der Waals surface area contributed by atoms with Crippen molar-refractivity contribution in [2.45, 2.75) is 33.6 Å². The molecule has 0 fully saturated rings. The molecule has 0 aliphatic heterocycles. The van der Waals surface area contributed by atoms with Crippen LogP contribution in [0.15, 0.2) is 66.7 Å². The highest BCUT2D eigenvalue weighted by atomic mass is 19.3. The second kappa shape index (κ2) is 12.0. The van der Waals surface area contributed by atoms with Crippen molar-refractivity contribution in [1.82, 2.24) is 0 Å². The SMILES string of the molecule is CC(C)C[n+]1c(/C=C/c2ccc(OC(F)F)cc2)cccc1/C=C/c1ccc(OC(F)F)cc1. The Bertz CT molecular complexity index is 1030. The van der Waals surface area contributed by atoms with E-state index in [1.165, 1.54) is 24.3 Å². The molecule has 34 heavy (non-hydrogen) atoms. The van der Waals surface area contributed by atoms with Gasteiger partial charge in [0.1, 0.15) is 11.5 Å². The molecule has 0 saturated carbocycles. The van der Waals surface area contributed by atoms with Gasteiger partial charge in [0.05, 0.1) is 0 Å². The summed E-state index contributed by atoms with van der Waals surface area (Å²) in [6, 6.07) is 18.8. The number of hydrogen-bond donors (Lipinski definition) is 0. The third-order valence-corrected chi connectivity index (χ3v) is 4.81. The number of benzene rings is 2. The molecule has 0 atom stereocenters. The number of ether oxygens (including phenoxy) is 2. The molecule has 0 aliphatic rings. The average Bonchev–Trinajstić information content (AvgIpc) is 2.78. The zero-order chi connectivity index (χ0) is 24.5. The summed E-state index contributed by atoms with van der Waals surface area (Å²) in [6.07, 6.45) is 7.76. The van der Waals surface area contributed by atoms with Crippen LogP contribution in [0.1, 0.15) is 36.4 Å². The Hall–Kier alpha value is -3.61. The van der Waals surface area contributed by atoms with E-state index in [9.17, 15) is 17.6 Å². The van der Waals surface area contributed by atoms with Gasteiger partial charge < -0.3 is 9.47 Å². The minimum absolute atomic E-state index is 0.114. The molecule has 7 heteroatoms. The van der Waals surface area contributed by atoms with E-state index in [2.05, 4.69) is 27.9 Å². The van der Waals surface area contributed by atoms with Gasteiger partial charge in [0.25, 0.3) is 0 Å². The molecule has 3 nitrogen and oxygen atoms in total. The van der Waals surface area contributed by atoms with E-state index in [-0.39, 0.29) is 11.5 Å².